The van der Waals surface area contributed by atoms with Crippen molar-refractivity contribution in [1.82, 2.24) is 0 Å². The lowest BCUT2D eigenvalue weighted by molar-refractivity contribution is 0.449. The maximum atomic E-state index is 13.5. The molecule has 0 aliphatic heterocycles. The van der Waals surface area contributed by atoms with Crippen LogP contribution in [-0.4, -0.2) is 0 Å². The molecular formula is C12H8BrF3N2. The molecule has 3 N–H and O–H groups in total. The van der Waals surface area contributed by atoms with Gasteiger partial charge in [0.1, 0.15) is 0 Å². The van der Waals surface area contributed by atoms with Crippen LogP contribution in [0.1, 0.15) is 0 Å². The molecule has 0 aliphatic rings. The Labute approximate surface area is 110 Å². The zero-order chi connectivity index (χ0) is 13.3. The normalized spacial score (nSPS) is 10.4. The fourth-order valence-corrected chi connectivity index (χ4v) is 1.77. The quantitative estimate of drug-likeness (QED) is 0.644. The van der Waals surface area contributed by atoms with Gasteiger partial charge in [-0.1, -0.05) is 15.9 Å². The van der Waals surface area contributed by atoms with Crippen molar-refractivity contribution < 1.29 is 13.2 Å². The third-order valence-electron chi connectivity index (χ3n) is 2.32. The molecule has 18 heavy (non-hydrogen) atoms. The van der Waals surface area contributed by atoms with Gasteiger partial charge in [-0.15, -0.1) is 0 Å². The summed E-state index contributed by atoms with van der Waals surface area (Å²) < 4.78 is 40.0. The molecule has 2 rings (SSSR count). The summed E-state index contributed by atoms with van der Waals surface area (Å²) in [7, 11) is 0. The molecule has 0 atom stereocenters. The van der Waals surface area contributed by atoms with Gasteiger partial charge >= 0.3 is 0 Å². The first-order chi connectivity index (χ1) is 8.49. The lowest BCUT2D eigenvalue weighted by Gasteiger charge is -2.11. The van der Waals surface area contributed by atoms with Gasteiger partial charge < -0.3 is 11.1 Å². The lowest BCUT2D eigenvalue weighted by Crippen LogP contribution is -2.01. The number of anilines is 3. The molecule has 0 saturated heterocycles. The van der Waals surface area contributed by atoms with E-state index >= 15 is 0 Å². The van der Waals surface area contributed by atoms with Crippen molar-refractivity contribution in [2.45, 2.75) is 0 Å². The third-order valence-corrected chi connectivity index (χ3v) is 2.81. The van der Waals surface area contributed by atoms with E-state index in [1.54, 1.807) is 18.2 Å². The predicted octanol–water partition coefficient (Wildman–Crippen LogP) is 4.19. The summed E-state index contributed by atoms with van der Waals surface area (Å²) in [6.45, 7) is 0. The van der Waals surface area contributed by atoms with Crippen LogP contribution in [0.2, 0.25) is 0 Å². The maximum Gasteiger partial charge on any atom is 0.196 e. The van der Waals surface area contributed by atoms with Crippen LogP contribution < -0.4 is 11.1 Å². The van der Waals surface area contributed by atoms with Crippen molar-refractivity contribution in [3.63, 3.8) is 0 Å². The highest BCUT2D eigenvalue weighted by Gasteiger charge is 2.14. The fourth-order valence-electron chi connectivity index (χ4n) is 1.40. The van der Waals surface area contributed by atoms with Crippen molar-refractivity contribution in [1.29, 1.82) is 0 Å². The Balaban J connectivity index is 2.40. The van der Waals surface area contributed by atoms with E-state index in [1.165, 1.54) is 0 Å². The van der Waals surface area contributed by atoms with E-state index in [2.05, 4.69) is 21.2 Å². The van der Waals surface area contributed by atoms with Crippen molar-refractivity contribution in [2.75, 3.05) is 11.1 Å². The Morgan fingerprint density at radius 2 is 1.67 bits per heavy atom. The molecule has 0 fully saturated rings. The number of hydrogen-bond donors (Lipinski definition) is 2. The van der Waals surface area contributed by atoms with Gasteiger partial charge in [0.25, 0.3) is 0 Å². The minimum atomic E-state index is -1.52. The minimum Gasteiger partial charge on any atom is -0.397 e. The van der Waals surface area contributed by atoms with Crippen LogP contribution in [0, 0.1) is 17.5 Å². The molecule has 0 aromatic heterocycles. The van der Waals surface area contributed by atoms with Crippen LogP contribution in [0.4, 0.5) is 30.2 Å². The summed E-state index contributed by atoms with van der Waals surface area (Å²) >= 11 is 3.23. The molecule has 6 heteroatoms. The van der Waals surface area contributed by atoms with Gasteiger partial charge in [0.05, 0.1) is 17.1 Å². The standard InChI is InChI=1S/C12H8BrF3N2/c13-6-1-3-8(17)10(5-6)18-9-4-2-7(14)11(15)12(9)16/h1-5,18H,17H2. The highest BCUT2D eigenvalue weighted by molar-refractivity contribution is 9.10. The highest BCUT2D eigenvalue weighted by atomic mass is 79.9. The molecule has 2 aromatic carbocycles. The van der Waals surface area contributed by atoms with Gasteiger partial charge in [0.2, 0.25) is 0 Å². The number of halogens is 4. The van der Waals surface area contributed by atoms with E-state index in [0.717, 1.165) is 16.6 Å². The van der Waals surface area contributed by atoms with Gasteiger partial charge in [0.15, 0.2) is 17.5 Å². The Bertz CT molecular complexity index is 602. The smallest absolute Gasteiger partial charge is 0.196 e. The van der Waals surface area contributed by atoms with Gasteiger partial charge in [-0.3, -0.25) is 0 Å². The zero-order valence-corrected chi connectivity index (χ0v) is 10.6. The monoisotopic (exact) mass is 316 g/mol. The maximum absolute atomic E-state index is 13.5. The first kappa shape index (κ1) is 12.8. The predicted molar refractivity (Wildman–Crippen MR) is 68.2 cm³/mol. The van der Waals surface area contributed by atoms with Crippen LogP contribution in [0.5, 0.6) is 0 Å². The third kappa shape index (κ3) is 2.43. The highest BCUT2D eigenvalue weighted by Crippen LogP contribution is 2.29. The molecule has 0 heterocycles. The van der Waals surface area contributed by atoms with Crippen LogP contribution in [0.25, 0.3) is 0 Å². The fraction of sp³-hybridized carbons (Fsp3) is 0. The SMILES string of the molecule is Nc1ccc(Br)cc1Nc1ccc(F)c(F)c1F. The minimum absolute atomic E-state index is 0.182. The molecule has 2 nitrogen and oxygen atoms in total. The molecule has 0 amide bonds. The van der Waals surface area contributed by atoms with Gasteiger partial charge in [-0.05, 0) is 30.3 Å². The number of rotatable bonds is 2. The largest absolute Gasteiger partial charge is 0.397 e. The van der Waals surface area contributed by atoms with Crippen molar-refractivity contribution in [3.05, 3.63) is 52.3 Å². The molecule has 0 radical (unpaired) electrons. The first-order valence-electron chi connectivity index (χ1n) is 4.94. The van der Waals surface area contributed by atoms with E-state index in [0.29, 0.717) is 11.4 Å². The summed E-state index contributed by atoms with van der Waals surface area (Å²) in [5.41, 5.74) is 6.26. The number of nitrogen functional groups attached to an aromatic ring is 1. The average molecular weight is 317 g/mol. The van der Waals surface area contributed by atoms with E-state index < -0.39 is 17.5 Å². The van der Waals surface area contributed by atoms with E-state index in [9.17, 15) is 13.2 Å². The number of hydrogen-bond acceptors (Lipinski definition) is 2. The molecule has 94 valence electrons. The van der Waals surface area contributed by atoms with Crippen LogP contribution in [-0.2, 0) is 0 Å². The van der Waals surface area contributed by atoms with Crippen molar-refractivity contribution >= 4 is 33.0 Å². The number of nitrogens with one attached hydrogen (secondary N) is 1. The first-order valence-corrected chi connectivity index (χ1v) is 5.74. The summed E-state index contributed by atoms with van der Waals surface area (Å²) in [5.74, 6) is -4.04. The van der Waals surface area contributed by atoms with Crippen molar-refractivity contribution in [3.8, 4) is 0 Å². The summed E-state index contributed by atoms with van der Waals surface area (Å²) in [6.07, 6.45) is 0. The Morgan fingerprint density at radius 1 is 0.944 bits per heavy atom. The topological polar surface area (TPSA) is 38.0 Å². The molecular weight excluding hydrogens is 309 g/mol. The van der Waals surface area contributed by atoms with Crippen LogP contribution >= 0.6 is 15.9 Å². The van der Waals surface area contributed by atoms with Gasteiger partial charge in [-0.25, -0.2) is 13.2 Å². The van der Waals surface area contributed by atoms with E-state index in [1.807, 2.05) is 0 Å². The molecule has 0 bridgehead atoms. The van der Waals surface area contributed by atoms with E-state index in [-0.39, 0.29) is 5.69 Å². The van der Waals surface area contributed by atoms with E-state index in [4.69, 9.17) is 5.73 Å². The van der Waals surface area contributed by atoms with Crippen LogP contribution in [0.15, 0.2) is 34.8 Å². The summed E-state index contributed by atoms with van der Waals surface area (Å²) in [5, 5.41) is 2.61. The lowest BCUT2D eigenvalue weighted by atomic mass is 10.2. The molecule has 0 unspecified atom stereocenters. The van der Waals surface area contributed by atoms with Gasteiger partial charge in [-0.2, -0.15) is 0 Å². The Hall–Kier alpha value is -1.69. The van der Waals surface area contributed by atoms with Gasteiger partial charge in [0, 0.05) is 4.47 Å². The number of nitrogens with two attached hydrogens (primary N) is 1. The van der Waals surface area contributed by atoms with Crippen molar-refractivity contribution in [2.24, 2.45) is 0 Å². The second-order valence-corrected chi connectivity index (χ2v) is 4.50. The second-order valence-electron chi connectivity index (χ2n) is 3.58. The zero-order valence-electron chi connectivity index (χ0n) is 8.98. The Kier molecular flexibility index (Phi) is 3.47. The molecule has 2 aromatic rings. The molecule has 0 saturated carbocycles. The average Bonchev–Trinajstić information content (AvgIpc) is 2.34. The summed E-state index contributed by atoms with van der Waals surface area (Å²) in [6, 6.07) is 6.87. The number of benzene rings is 2. The molecule has 0 aliphatic carbocycles. The second kappa shape index (κ2) is 4.89. The molecule has 0 spiro atoms. The Morgan fingerprint density at radius 3 is 2.39 bits per heavy atom. The van der Waals surface area contributed by atoms with Crippen LogP contribution in [0.3, 0.4) is 0 Å². The summed E-state index contributed by atoms with van der Waals surface area (Å²) in [4.78, 5) is 0.